The first-order valence-corrected chi connectivity index (χ1v) is 6.31. The molecule has 1 aromatic rings. The van der Waals surface area contributed by atoms with Crippen molar-refractivity contribution in [3.8, 4) is 0 Å². The zero-order valence-electron chi connectivity index (χ0n) is 11.8. The van der Waals surface area contributed by atoms with E-state index in [2.05, 4.69) is 0 Å². The third-order valence-corrected chi connectivity index (χ3v) is 2.68. The largest absolute Gasteiger partial charge is 0.458 e. The van der Waals surface area contributed by atoms with Crippen LogP contribution in [0.4, 0.5) is 0 Å². The molecule has 19 heavy (non-hydrogen) atoms. The lowest BCUT2D eigenvalue weighted by atomic mass is 9.95. The van der Waals surface area contributed by atoms with E-state index in [-0.39, 0.29) is 11.9 Å². The third-order valence-electron chi connectivity index (χ3n) is 2.68. The number of benzene rings is 1. The van der Waals surface area contributed by atoms with E-state index in [0.29, 0.717) is 0 Å². The average Bonchev–Trinajstić information content (AvgIpc) is 2.33. The molecule has 4 nitrogen and oxygen atoms in total. The van der Waals surface area contributed by atoms with E-state index in [1.165, 1.54) is 13.8 Å². The van der Waals surface area contributed by atoms with Crippen molar-refractivity contribution in [2.45, 2.75) is 39.9 Å². The van der Waals surface area contributed by atoms with Crippen LogP contribution in [0, 0.1) is 5.92 Å². The first-order valence-electron chi connectivity index (χ1n) is 6.31. The van der Waals surface area contributed by atoms with E-state index >= 15 is 0 Å². The molecule has 0 unspecified atom stereocenters. The number of hydrogen-bond acceptors (Lipinski definition) is 4. The molecule has 0 saturated heterocycles. The van der Waals surface area contributed by atoms with Crippen LogP contribution in [0.1, 0.15) is 39.4 Å². The topological polar surface area (TPSA) is 52.6 Å². The lowest BCUT2D eigenvalue weighted by Gasteiger charge is -2.29. The van der Waals surface area contributed by atoms with Gasteiger partial charge in [-0.15, -0.1) is 0 Å². The van der Waals surface area contributed by atoms with Crippen molar-refractivity contribution in [2.75, 3.05) is 0 Å². The molecule has 1 aromatic carbocycles. The van der Waals surface area contributed by atoms with Crippen LogP contribution < -0.4 is 0 Å². The summed E-state index contributed by atoms with van der Waals surface area (Å²) in [5.41, 5.74) is 0.817. The summed E-state index contributed by atoms with van der Waals surface area (Å²) in [4.78, 5) is 22.5. The van der Waals surface area contributed by atoms with Gasteiger partial charge in [0.25, 0.3) is 0 Å². The molecule has 0 saturated carbocycles. The van der Waals surface area contributed by atoms with Gasteiger partial charge in [-0.3, -0.25) is 9.59 Å². The highest BCUT2D eigenvalue weighted by atomic mass is 16.6. The van der Waals surface area contributed by atoms with E-state index in [9.17, 15) is 9.59 Å². The smallest absolute Gasteiger partial charge is 0.303 e. The van der Waals surface area contributed by atoms with Crippen LogP contribution in [-0.2, 0) is 19.1 Å². The summed E-state index contributed by atoms with van der Waals surface area (Å²) in [6, 6.07) is 9.30. The summed E-state index contributed by atoms with van der Waals surface area (Å²) in [6.45, 7) is 6.55. The monoisotopic (exact) mass is 264 g/mol. The highest BCUT2D eigenvalue weighted by Gasteiger charge is 2.31. The van der Waals surface area contributed by atoms with Crippen molar-refractivity contribution in [1.29, 1.82) is 0 Å². The van der Waals surface area contributed by atoms with E-state index in [0.717, 1.165) is 5.56 Å². The number of carbonyl (C=O) groups is 2. The molecule has 104 valence electrons. The molecule has 2 atom stereocenters. The molecule has 0 bridgehead atoms. The zero-order chi connectivity index (χ0) is 14.4. The van der Waals surface area contributed by atoms with Crippen molar-refractivity contribution in [1.82, 2.24) is 0 Å². The van der Waals surface area contributed by atoms with Gasteiger partial charge in [0.05, 0.1) is 0 Å². The Hall–Kier alpha value is -1.84. The Morgan fingerprint density at radius 3 is 1.89 bits per heavy atom. The van der Waals surface area contributed by atoms with Gasteiger partial charge in [0.2, 0.25) is 0 Å². The van der Waals surface area contributed by atoms with Gasteiger partial charge in [0.1, 0.15) is 6.10 Å². The predicted molar refractivity (Wildman–Crippen MR) is 71.3 cm³/mol. The minimum Gasteiger partial charge on any atom is -0.458 e. The Balaban J connectivity index is 3.06. The average molecular weight is 264 g/mol. The lowest BCUT2D eigenvalue weighted by Crippen LogP contribution is -2.32. The maximum Gasteiger partial charge on any atom is 0.303 e. The van der Waals surface area contributed by atoms with E-state index in [1.54, 1.807) is 0 Å². The van der Waals surface area contributed by atoms with Crippen molar-refractivity contribution < 1.29 is 19.1 Å². The van der Waals surface area contributed by atoms with Crippen LogP contribution in [0.25, 0.3) is 0 Å². The molecular weight excluding hydrogens is 244 g/mol. The Labute approximate surface area is 113 Å². The summed E-state index contributed by atoms with van der Waals surface area (Å²) in [5, 5.41) is 0. The second-order valence-corrected chi connectivity index (χ2v) is 4.76. The molecular formula is C15H20O4. The van der Waals surface area contributed by atoms with E-state index < -0.39 is 18.2 Å². The molecule has 0 aliphatic heterocycles. The summed E-state index contributed by atoms with van der Waals surface area (Å²) in [5.74, 6) is -0.744. The molecule has 0 N–H and O–H groups in total. The highest BCUT2D eigenvalue weighted by molar-refractivity contribution is 5.67. The van der Waals surface area contributed by atoms with Crippen LogP contribution in [0.3, 0.4) is 0 Å². The van der Waals surface area contributed by atoms with Gasteiger partial charge in [-0.25, -0.2) is 0 Å². The van der Waals surface area contributed by atoms with Gasteiger partial charge in [0.15, 0.2) is 6.10 Å². The third kappa shape index (κ3) is 4.73. The fourth-order valence-corrected chi connectivity index (χ4v) is 1.89. The second-order valence-electron chi connectivity index (χ2n) is 4.76. The molecule has 4 heteroatoms. The number of carbonyl (C=O) groups excluding carboxylic acids is 2. The van der Waals surface area contributed by atoms with Crippen LogP contribution in [-0.4, -0.2) is 18.0 Å². The van der Waals surface area contributed by atoms with Crippen LogP contribution in [0.2, 0.25) is 0 Å². The first kappa shape index (κ1) is 15.2. The number of ether oxygens (including phenoxy) is 2. The Bertz CT molecular complexity index is 425. The lowest BCUT2D eigenvalue weighted by molar-refractivity contribution is -0.169. The zero-order valence-corrected chi connectivity index (χ0v) is 11.8. The number of rotatable bonds is 5. The molecule has 0 aliphatic rings. The predicted octanol–water partition coefficient (Wildman–Crippen LogP) is 2.88. The minimum absolute atomic E-state index is 0.0356. The van der Waals surface area contributed by atoms with Crippen molar-refractivity contribution in [3.63, 3.8) is 0 Å². The first-order chi connectivity index (χ1) is 8.91. The molecule has 0 aliphatic carbocycles. The van der Waals surface area contributed by atoms with Gasteiger partial charge < -0.3 is 9.47 Å². The van der Waals surface area contributed by atoms with Crippen molar-refractivity contribution >= 4 is 11.9 Å². The Morgan fingerprint density at radius 1 is 0.947 bits per heavy atom. The molecule has 0 radical (unpaired) electrons. The maximum absolute atomic E-state index is 11.3. The van der Waals surface area contributed by atoms with Crippen molar-refractivity contribution in [2.24, 2.45) is 5.92 Å². The molecule has 1 rings (SSSR count). The second kappa shape index (κ2) is 6.92. The van der Waals surface area contributed by atoms with Crippen LogP contribution in [0.15, 0.2) is 30.3 Å². The minimum atomic E-state index is -0.581. The maximum atomic E-state index is 11.3. The number of hydrogen-bond donors (Lipinski definition) is 0. The molecule has 0 amide bonds. The SMILES string of the molecule is CC(=O)O[C@H](C(C)C)[C@@H](OC(C)=O)c1ccccc1. The molecule has 0 fully saturated rings. The molecule has 0 spiro atoms. The molecule has 0 aromatic heterocycles. The fourth-order valence-electron chi connectivity index (χ4n) is 1.89. The van der Waals surface area contributed by atoms with Crippen LogP contribution in [0.5, 0.6) is 0 Å². The van der Waals surface area contributed by atoms with Gasteiger partial charge in [0, 0.05) is 13.8 Å². The summed E-state index contributed by atoms with van der Waals surface area (Å²) < 4.78 is 10.7. The standard InChI is InChI=1S/C15H20O4/c1-10(2)14(18-11(3)16)15(19-12(4)17)13-8-6-5-7-9-13/h5-10,14-15H,1-4H3/t14-,15+/m1/s1. The van der Waals surface area contributed by atoms with E-state index in [1.807, 2.05) is 44.2 Å². The van der Waals surface area contributed by atoms with Crippen LogP contribution >= 0.6 is 0 Å². The normalized spacial score (nSPS) is 13.7. The van der Waals surface area contributed by atoms with Gasteiger partial charge in [-0.1, -0.05) is 44.2 Å². The van der Waals surface area contributed by atoms with E-state index in [4.69, 9.17) is 9.47 Å². The van der Waals surface area contributed by atoms with Gasteiger partial charge in [-0.2, -0.15) is 0 Å². The van der Waals surface area contributed by atoms with Gasteiger partial charge >= 0.3 is 11.9 Å². The summed E-state index contributed by atoms with van der Waals surface area (Å²) in [6.07, 6.45) is -1.08. The Morgan fingerprint density at radius 2 is 1.47 bits per heavy atom. The summed E-state index contributed by atoms with van der Waals surface area (Å²) >= 11 is 0. The van der Waals surface area contributed by atoms with Crippen molar-refractivity contribution in [3.05, 3.63) is 35.9 Å². The Kier molecular flexibility index (Phi) is 5.55. The fraction of sp³-hybridized carbons (Fsp3) is 0.467. The number of esters is 2. The molecule has 0 heterocycles. The highest BCUT2D eigenvalue weighted by Crippen LogP contribution is 2.28. The van der Waals surface area contributed by atoms with Gasteiger partial charge in [-0.05, 0) is 11.5 Å². The quantitative estimate of drug-likeness (QED) is 0.767. The summed E-state index contributed by atoms with van der Waals surface area (Å²) in [7, 11) is 0.